The van der Waals surface area contributed by atoms with Gasteiger partial charge in [0.1, 0.15) is 11.9 Å². The van der Waals surface area contributed by atoms with Crippen molar-refractivity contribution in [2.24, 2.45) is 0 Å². The number of rotatable bonds is 13. The number of ketones is 1. The van der Waals surface area contributed by atoms with E-state index < -0.39 is 11.9 Å². The SMILES string of the molecule is CCCCCC(Oc1ccc(C(=O)c2cccc(C(=O)O)c2)cc1CCC(=O)O)c1ccccc1. The summed E-state index contributed by atoms with van der Waals surface area (Å²) in [6, 6.07) is 20.8. The van der Waals surface area contributed by atoms with Gasteiger partial charge in [-0.2, -0.15) is 0 Å². The van der Waals surface area contributed by atoms with E-state index in [2.05, 4.69) is 6.92 Å². The molecule has 1 unspecified atom stereocenters. The van der Waals surface area contributed by atoms with E-state index in [1.807, 2.05) is 30.3 Å². The third-order valence-electron chi connectivity index (χ3n) is 5.81. The molecule has 35 heavy (non-hydrogen) atoms. The highest BCUT2D eigenvalue weighted by Gasteiger charge is 2.19. The van der Waals surface area contributed by atoms with E-state index in [0.717, 1.165) is 31.2 Å². The first-order valence-electron chi connectivity index (χ1n) is 11.8. The van der Waals surface area contributed by atoms with Crippen molar-refractivity contribution < 1.29 is 29.3 Å². The molecule has 3 rings (SSSR count). The van der Waals surface area contributed by atoms with Crippen molar-refractivity contribution in [2.75, 3.05) is 0 Å². The second-order valence-corrected chi connectivity index (χ2v) is 8.44. The standard InChI is InChI=1S/C29H30O6/c1-2-3-5-13-25(20-9-6-4-7-10-20)35-26-16-14-23(18-21(26)15-17-27(30)31)28(32)22-11-8-12-24(19-22)29(33)34/h4,6-12,14,16,18-19,25H,2-3,5,13,15,17H2,1H3,(H,30,31)(H,33,34). The van der Waals surface area contributed by atoms with Crippen LogP contribution in [0.5, 0.6) is 5.75 Å². The quantitative estimate of drug-likeness (QED) is 0.222. The van der Waals surface area contributed by atoms with Crippen LogP contribution in [0.25, 0.3) is 0 Å². The first-order valence-corrected chi connectivity index (χ1v) is 11.8. The second kappa shape index (κ2) is 12.5. The predicted octanol–water partition coefficient (Wildman–Crippen LogP) is 6.33. The van der Waals surface area contributed by atoms with Crippen molar-refractivity contribution in [1.29, 1.82) is 0 Å². The van der Waals surface area contributed by atoms with Gasteiger partial charge < -0.3 is 14.9 Å². The monoisotopic (exact) mass is 474 g/mol. The lowest BCUT2D eigenvalue weighted by atomic mass is 9.97. The Morgan fingerprint density at radius 3 is 2.23 bits per heavy atom. The van der Waals surface area contributed by atoms with Crippen LogP contribution in [0.15, 0.2) is 72.8 Å². The maximum atomic E-state index is 13.1. The van der Waals surface area contributed by atoms with Crippen molar-refractivity contribution >= 4 is 17.7 Å². The fourth-order valence-corrected chi connectivity index (χ4v) is 3.93. The number of aryl methyl sites for hydroxylation is 1. The predicted molar refractivity (Wildman–Crippen MR) is 133 cm³/mol. The lowest BCUT2D eigenvalue weighted by Crippen LogP contribution is -2.11. The van der Waals surface area contributed by atoms with E-state index in [9.17, 15) is 24.6 Å². The molecular weight excluding hydrogens is 444 g/mol. The smallest absolute Gasteiger partial charge is 0.335 e. The molecule has 0 radical (unpaired) electrons. The summed E-state index contributed by atoms with van der Waals surface area (Å²) in [6.07, 6.45) is 3.90. The van der Waals surface area contributed by atoms with Gasteiger partial charge in [-0.3, -0.25) is 9.59 Å². The number of hydrogen-bond acceptors (Lipinski definition) is 4. The van der Waals surface area contributed by atoms with E-state index in [0.29, 0.717) is 16.9 Å². The Balaban J connectivity index is 1.93. The third kappa shape index (κ3) is 7.27. The van der Waals surface area contributed by atoms with Crippen LogP contribution in [-0.4, -0.2) is 27.9 Å². The molecule has 0 amide bonds. The molecule has 2 N–H and O–H groups in total. The molecule has 3 aromatic rings. The third-order valence-corrected chi connectivity index (χ3v) is 5.81. The Morgan fingerprint density at radius 1 is 0.829 bits per heavy atom. The molecule has 6 nitrogen and oxygen atoms in total. The topological polar surface area (TPSA) is 101 Å². The highest BCUT2D eigenvalue weighted by Crippen LogP contribution is 2.31. The molecule has 0 aliphatic carbocycles. The number of aliphatic carboxylic acids is 1. The Kier molecular flexibility index (Phi) is 9.18. The molecule has 0 aliphatic rings. The summed E-state index contributed by atoms with van der Waals surface area (Å²) in [5.41, 5.74) is 2.30. The van der Waals surface area contributed by atoms with Gasteiger partial charge in [0.25, 0.3) is 0 Å². The van der Waals surface area contributed by atoms with E-state index in [1.54, 1.807) is 24.3 Å². The number of carboxylic acid groups (broad SMARTS) is 2. The van der Waals surface area contributed by atoms with Gasteiger partial charge in [-0.25, -0.2) is 4.79 Å². The van der Waals surface area contributed by atoms with E-state index in [1.165, 1.54) is 18.2 Å². The Morgan fingerprint density at radius 2 is 1.54 bits per heavy atom. The first-order chi connectivity index (χ1) is 16.9. The fraction of sp³-hybridized carbons (Fsp3) is 0.276. The van der Waals surface area contributed by atoms with Gasteiger partial charge in [0, 0.05) is 17.5 Å². The van der Waals surface area contributed by atoms with Crippen molar-refractivity contribution in [2.45, 2.75) is 51.6 Å². The Bertz CT molecular complexity index is 1170. The van der Waals surface area contributed by atoms with Crippen LogP contribution in [0.2, 0.25) is 0 Å². The van der Waals surface area contributed by atoms with Gasteiger partial charge in [-0.05, 0) is 60.7 Å². The molecule has 3 aromatic carbocycles. The van der Waals surface area contributed by atoms with E-state index in [4.69, 9.17) is 4.74 Å². The van der Waals surface area contributed by atoms with Crippen molar-refractivity contribution in [3.8, 4) is 5.75 Å². The van der Waals surface area contributed by atoms with Crippen LogP contribution < -0.4 is 4.74 Å². The van der Waals surface area contributed by atoms with Crippen molar-refractivity contribution in [3.63, 3.8) is 0 Å². The summed E-state index contributed by atoms with van der Waals surface area (Å²) in [4.78, 5) is 35.7. The van der Waals surface area contributed by atoms with Gasteiger partial charge >= 0.3 is 11.9 Å². The average molecular weight is 475 g/mol. The summed E-state index contributed by atoms with van der Waals surface area (Å²) in [5, 5.41) is 18.5. The minimum atomic E-state index is -1.11. The second-order valence-electron chi connectivity index (χ2n) is 8.44. The summed E-state index contributed by atoms with van der Waals surface area (Å²) in [6.45, 7) is 2.14. The maximum Gasteiger partial charge on any atom is 0.335 e. The number of carboxylic acids is 2. The van der Waals surface area contributed by atoms with Crippen LogP contribution in [0.1, 0.15) is 82.5 Å². The van der Waals surface area contributed by atoms with E-state index >= 15 is 0 Å². The zero-order valence-electron chi connectivity index (χ0n) is 19.8. The normalized spacial score (nSPS) is 11.6. The Labute approximate surface area is 205 Å². The molecule has 0 spiro atoms. The minimum absolute atomic E-state index is 0.0275. The largest absolute Gasteiger partial charge is 0.485 e. The number of unbranched alkanes of at least 4 members (excludes halogenated alkanes) is 2. The molecule has 1 atom stereocenters. The molecule has 0 bridgehead atoms. The van der Waals surface area contributed by atoms with Crippen LogP contribution in [0, 0.1) is 0 Å². The Hall–Kier alpha value is -3.93. The van der Waals surface area contributed by atoms with Crippen molar-refractivity contribution in [3.05, 3.63) is 101 Å². The zero-order chi connectivity index (χ0) is 25.2. The summed E-state index contributed by atoms with van der Waals surface area (Å²) >= 11 is 0. The maximum absolute atomic E-state index is 13.1. The molecule has 0 fully saturated rings. The lowest BCUT2D eigenvalue weighted by molar-refractivity contribution is -0.136. The number of benzene rings is 3. The van der Waals surface area contributed by atoms with Gasteiger partial charge in [0.2, 0.25) is 0 Å². The average Bonchev–Trinajstić information content (AvgIpc) is 2.87. The van der Waals surface area contributed by atoms with Crippen molar-refractivity contribution in [1.82, 2.24) is 0 Å². The minimum Gasteiger partial charge on any atom is -0.485 e. The fourth-order valence-electron chi connectivity index (χ4n) is 3.93. The van der Waals surface area contributed by atoms with Crippen LogP contribution >= 0.6 is 0 Å². The van der Waals surface area contributed by atoms with Crippen LogP contribution in [0.3, 0.4) is 0 Å². The van der Waals surface area contributed by atoms with Gasteiger partial charge in [-0.15, -0.1) is 0 Å². The molecular formula is C29H30O6. The molecule has 0 aromatic heterocycles. The van der Waals surface area contributed by atoms with E-state index in [-0.39, 0.29) is 35.9 Å². The van der Waals surface area contributed by atoms with Crippen LogP contribution in [-0.2, 0) is 11.2 Å². The number of carbonyl (C=O) groups is 3. The van der Waals surface area contributed by atoms with Crippen LogP contribution in [0.4, 0.5) is 0 Å². The molecule has 0 heterocycles. The molecule has 0 saturated heterocycles. The summed E-state index contributed by atoms with van der Waals surface area (Å²) < 4.78 is 6.42. The highest BCUT2D eigenvalue weighted by atomic mass is 16.5. The first kappa shape index (κ1) is 25.7. The number of ether oxygens (including phenoxy) is 1. The molecule has 182 valence electrons. The molecule has 0 saturated carbocycles. The number of aromatic carboxylic acids is 1. The lowest BCUT2D eigenvalue weighted by Gasteiger charge is -2.22. The highest BCUT2D eigenvalue weighted by molar-refractivity contribution is 6.10. The molecule has 0 aliphatic heterocycles. The number of hydrogen-bond donors (Lipinski definition) is 2. The summed E-state index contributed by atoms with van der Waals surface area (Å²) in [5.74, 6) is -1.84. The van der Waals surface area contributed by atoms with Gasteiger partial charge in [0.05, 0.1) is 5.56 Å². The van der Waals surface area contributed by atoms with Gasteiger partial charge in [-0.1, -0.05) is 62.2 Å². The zero-order valence-corrected chi connectivity index (χ0v) is 19.8. The number of carbonyl (C=O) groups excluding carboxylic acids is 1. The molecule has 6 heteroatoms. The summed E-state index contributed by atoms with van der Waals surface area (Å²) in [7, 11) is 0. The van der Waals surface area contributed by atoms with Gasteiger partial charge in [0.15, 0.2) is 5.78 Å².